The number of halogens is 2. The van der Waals surface area contributed by atoms with E-state index < -0.39 is 23.0 Å². The zero-order valence-corrected chi connectivity index (χ0v) is 15.0. The van der Waals surface area contributed by atoms with Gasteiger partial charge in [0.1, 0.15) is 17.0 Å². The molecule has 3 atom stereocenters. The average Bonchev–Trinajstić information content (AvgIpc) is 3.35. The molecule has 2 amide bonds. The van der Waals surface area contributed by atoms with Crippen molar-refractivity contribution in [1.82, 2.24) is 9.80 Å². The van der Waals surface area contributed by atoms with Crippen molar-refractivity contribution in [3.8, 4) is 0 Å². The summed E-state index contributed by atoms with van der Waals surface area (Å²) in [4.78, 5) is 29.4. The number of benzene rings is 1. The van der Waals surface area contributed by atoms with Crippen molar-refractivity contribution in [2.75, 3.05) is 19.6 Å². The maximum absolute atomic E-state index is 13.9. The van der Waals surface area contributed by atoms with E-state index in [2.05, 4.69) is 4.90 Å². The lowest BCUT2D eigenvalue weighted by Crippen LogP contribution is -2.61. The van der Waals surface area contributed by atoms with Crippen molar-refractivity contribution in [1.29, 1.82) is 0 Å². The van der Waals surface area contributed by atoms with Gasteiger partial charge in [-0.15, -0.1) is 0 Å². The summed E-state index contributed by atoms with van der Waals surface area (Å²) in [5, 5.41) is 0. The lowest BCUT2D eigenvalue weighted by molar-refractivity contribution is -0.146. The number of rotatable bonds is 3. The SMILES string of the molecule is NC(=O)C1(C(=O)N2C[C@H](c3cc(F)cc(F)c3)[C@@H]3[C@H]2C2CCN3CC2)CC1. The van der Waals surface area contributed by atoms with E-state index in [1.807, 2.05) is 4.90 Å². The normalized spacial score (nSPS) is 35.8. The van der Waals surface area contributed by atoms with E-state index in [0.717, 1.165) is 32.0 Å². The van der Waals surface area contributed by atoms with E-state index in [-0.39, 0.29) is 23.9 Å². The molecular formula is C20H23F2N3O2. The summed E-state index contributed by atoms with van der Waals surface area (Å²) in [6.45, 7) is 2.28. The highest BCUT2D eigenvalue weighted by Crippen LogP contribution is 2.52. The summed E-state index contributed by atoms with van der Waals surface area (Å²) >= 11 is 0. The summed E-state index contributed by atoms with van der Waals surface area (Å²) in [7, 11) is 0. The summed E-state index contributed by atoms with van der Waals surface area (Å²) < 4.78 is 27.7. The first-order valence-corrected chi connectivity index (χ1v) is 9.72. The number of piperidine rings is 3. The van der Waals surface area contributed by atoms with E-state index in [9.17, 15) is 18.4 Å². The van der Waals surface area contributed by atoms with Crippen molar-refractivity contribution < 1.29 is 18.4 Å². The van der Waals surface area contributed by atoms with Crippen molar-refractivity contribution in [3.05, 3.63) is 35.4 Å². The van der Waals surface area contributed by atoms with Gasteiger partial charge in [-0.05, 0) is 62.4 Å². The number of hydrogen-bond acceptors (Lipinski definition) is 3. The molecule has 2 N–H and O–H groups in total. The van der Waals surface area contributed by atoms with Crippen LogP contribution in [0.3, 0.4) is 0 Å². The molecule has 1 saturated carbocycles. The highest BCUT2D eigenvalue weighted by molar-refractivity contribution is 6.07. The molecule has 27 heavy (non-hydrogen) atoms. The van der Waals surface area contributed by atoms with Gasteiger partial charge >= 0.3 is 0 Å². The molecule has 5 fully saturated rings. The summed E-state index contributed by atoms with van der Waals surface area (Å²) in [6.07, 6.45) is 3.03. The van der Waals surface area contributed by atoms with Crippen LogP contribution in [0, 0.1) is 23.0 Å². The van der Waals surface area contributed by atoms with Crippen LogP contribution in [0.25, 0.3) is 0 Å². The number of likely N-dealkylation sites (tertiary alicyclic amines) is 1. The van der Waals surface area contributed by atoms with Crippen LogP contribution in [0.4, 0.5) is 8.78 Å². The number of carbonyl (C=O) groups is 2. The van der Waals surface area contributed by atoms with Crippen LogP contribution in [0.5, 0.6) is 0 Å². The molecule has 5 aliphatic rings. The molecule has 0 spiro atoms. The summed E-state index contributed by atoms with van der Waals surface area (Å²) in [5.41, 5.74) is 5.07. The Kier molecular flexibility index (Phi) is 3.63. The highest BCUT2D eigenvalue weighted by Gasteiger charge is 2.62. The topological polar surface area (TPSA) is 66.6 Å². The molecule has 4 heterocycles. The zero-order chi connectivity index (χ0) is 18.9. The quantitative estimate of drug-likeness (QED) is 0.817. The average molecular weight is 375 g/mol. The van der Waals surface area contributed by atoms with Gasteiger partial charge in [0.2, 0.25) is 11.8 Å². The lowest BCUT2D eigenvalue weighted by Gasteiger charge is -2.51. The number of carbonyl (C=O) groups excluding carboxylic acids is 2. The van der Waals surface area contributed by atoms with E-state index >= 15 is 0 Å². The van der Waals surface area contributed by atoms with Crippen molar-refractivity contribution >= 4 is 11.8 Å². The Morgan fingerprint density at radius 1 is 1.04 bits per heavy atom. The number of nitrogens with two attached hydrogens (primary N) is 1. The summed E-state index contributed by atoms with van der Waals surface area (Å²) in [5.74, 6) is -1.72. The number of hydrogen-bond donors (Lipinski definition) is 1. The van der Waals surface area contributed by atoms with Crippen LogP contribution >= 0.6 is 0 Å². The molecule has 1 aromatic rings. The third-order valence-corrected chi connectivity index (χ3v) is 7.20. The van der Waals surface area contributed by atoms with Crippen LogP contribution in [0.1, 0.15) is 37.2 Å². The first-order chi connectivity index (χ1) is 12.9. The minimum atomic E-state index is -1.06. The molecule has 4 aliphatic heterocycles. The largest absolute Gasteiger partial charge is 0.369 e. The van der Waals surface area contributed by atoms with Crippen molar-refractivity contribution in [2.24, 2.45) is 17.1 Å². The van der Waals surface area contributed by atoms with Crippen LogP contribution in [0.2, 0.25) is 0 Å². The second-order valence-corrected chi connectivity index (χ2v) is 8.57. The predicted octanol–water partition coefficient (Wildman–Crippen LogP) is 1.62. The van der Waals surface area contributed by atoms with E-state index in [1.54, 1.807) is 0 Å². The van der Waals surface area contributed by atoms with Gasteiger partial charge < -0.3 is 10.6 Å². The second kappa shape index (κ2) is 5.74. The Morgan fingerprint density at radius 2 is 1.67 bits per heavy atom. The molecule has 1 aliphatic carbocycles. The molecular weight excluding hydrogens is 352 g/mol. The molecule has 7 heteroatoms. The van der Waals surface area contributed by atoms with Gasteiger partial charge in [0.25, 0.3) is 0 Å². The number of amides is 2. The first-order valence-electron chi connectivity index (χ1n) is 9.72. The van der Waals surface area contributed by atoms with Crippen molar-refractivity contribution in [2.45, 2.75) is 43.7 Å². The Balaban J connectivity index is 1.54. The Bertz CT molecular complexity index is 797. The van der Waals surface area contributed by atoms with Gasteiger partial charge in [0.15, 0.2) is 0 Å². The third kappa shape index (κ3) is 2.43. The minimum absolute atomic E-state index is 0.00634. The first kappa shape index (κ1) is 17.1. The molecule has 2 bridgehead atoms. The summed E-state index contributed by atoms with van der Waals surface area (Å²) in [6, 6.07) is 3.67. The van der Waals surface area contributed by atoms with Gasteiger partial charge in [-0.1, -0.05) is 0 Å². The molecule has 0 radical (unpaired) electrons. The number of primary amides is 1. The van der Waals surface area contributed by atoms with E-state index in [1.165, 1.54) is 12.1 Å². The molecule has 0 aromatic heterocycles. The molecule has 144 valence electrons. The fraction of sp³-hybridized carbons (Fsp3) is 0.600. The van der Waals surface area contributed by atoms with Crippen molar-refractivity contribution in [3.63, 3.8) is 0 Å². The Hall–Kier alpha value is -2.02. The van der Waals surface area contributed by atoms with Gasteiger partial charge in [-0.2, -0.15) is 0 Å². The Labute approximate surface area is 156 Å². The van der Waals surface area contributed by atoms with Crippen LogP contribution < -0.4 is 5.73 Å². The minimum Gasteiger partial charge on any atom is -0.369 e. The fourth-order valence-electron chi connectivity index (χ4n) is 5.70. The number of fused-ring (bicyclic) bond motifs is 2. The number of nitrogens with zero attached hydrogens (tertiary/aromatic N) is 2. The smallest absolute Gasteiger partial charge is 0.238 e. The van der Waals surface area contributed by atoms with Crippen LogP contribution in [-0.2, 0) is 9.59 Å². The Morgan fingerprint density at radius 3 is 2.22 bits per heavy atom. The molecule has 4 saturated heterocycles. The van der Waals surface area contributed by atoms with Gasteiger partial charge in [-0.3, -0.25) is 14.5 Å². The van der Waals surface area contributed by atoms with E-state index in [4.69, 9.17) is 5.73 Å². The van der Waals surface area contributed by atoms with Gasteiger partial charge in [0.05, 0.1) is 6.04 Å². The second-order valence-electron chi connectivity index (χ2n) is 8.57. The monoisotopic (exact) mass is 375 g/mol. The standard InChI is InChI=1S/C20H23F2N3O2/c21-13-7-12(8-14(22)9-13)15-10-25(19(27)20(3-4-20)18(23)26)16-11-1-5-24(6-2-11)17(15)16/h7-9,11,15-17H,1-6,10H2,(H2,23,26)/t15-,16-,17-/m1/s1. The zero-order valence-electron chi connectivity index (χ0n) is 15.0. The third-order valence-electron chi connectivity index (χ3n) is 7.20. The molecule has 5 nitrogen and oxygen atoms in total. The molecule has 0 unspecified atom stereocenters. The maximum Gasteiger partial charge on any atom is 0.238 e. The van der Waals surface area contributed by atoms with Gasteiger partial charge in [-0.25, -0.2) is 8.78 Å². The predicted molar refractivity (Wildman–Crippen MR) is 93.5 cm³/mol. The van der Waals surface area contributed by atoms with Crippen LogP contribution in [0.15, 0.2) is 18.2 Å². The fourth-order valence-corrected chi connectivity index (χ4v) is 5.70. The highest BCUT2D eigenvalue weighted by atomic mass is 19.1. The van der Waals surface area contributed by atoms with Crippen LogP contribution in [-0.4, -0.2) is 53.3 Å². The van der Waals surface area contributed by atoms with Gasteiger partial charge in [0, 0.05) is 24.6 Å². The lowest BCUT2D eigenvalue weighted by atomic mass is 9.75. The molecule has 1 aromatic carbocycles. The molecule has 6 rings (SSSR count). The maximum atomic E-state index is 13.9. The van der Waals surface area contributed by atoms with E-state index in [0.29, 0.717) is 30.9 Å².